The average molecular weight is 621 g/mol. The van der Waals surface area contributed by atoms with Crippen LogP contribution in [0.25, 0.3) is 5.69 Å². The van der Waals surface area contributed by atoms with Crippen LogP contribution in [0.4, 0.5) is 23.4 Å². The number of nitriles is 1. The Balaban J connectivity index is 1.80. The standard InChI is InChI=1S/C32H28F4N6O3/c1-3-41-29-25(27(19(2)38-18-37)40-42(29)24-10-5-4-6-11-24)26(20-12-14-23(33)15-13-20)31(17-43,30(41)45)39-28(44)21-8-7-9-22(16-21)32(34,35)36/h4-16,19,26,38,43H,3,17H2,1-2H3,(H,39,44)/t19?,26-,31?/m0/s1. The van der Waals surface area contributed by atoms with Gasteiger partial charge in [-0.15, -0.1) is 0 Å². The van der Waals surface area contributed by atoms with Crippen molar-refractivity contribution >= 4 is 17.6 Å². The molecule has 5 rings (SSSR count). The predicted molar refractivity (Wildman–Crippen MR) is 156 cm³/mol. The van der Waals surface area contributed by atoms with E-state index < -0.39 is 59.0 Å². The van der Waals surface area contributed by atoms with E-state index in [4.69, 9.17) is 5.10 Å². The highest BCUT2D eigenvalue weighted by molar-refractivity contribution is 6.08. The summed E-state index contributed by atoms with van der Waals surface area (Å²) in [4.78, 5) is 29.6. The maximum absolute atomic E-state index is 14.6. The quantitative estimate of drug-likeness (QED) is 0.148. The number of halogens is 4. The normalized spacial score (nSPS) is 18.6. The van der Waals surface area contributed by atoms with Crippen LogP contribution in [-0.2, 0) is 11.0 Å². The molecule has 45 heavy (non-hydrogen) atoms. The number of likely N-dealkylation sites (N-methyl/N-ethyl adjacent to an activating group) is 1. The molecule has 1 aromatic heterocycles. The van der Waals surface area contributed by atoms with Gasteiger partial charge in [-0.1, -0.05) is 36.4 Å². The summed E-state index contributed by atoms with van der Waals surface area (Å²) in [5, 5.41) is 30.6. The fraction of sp³-hybridized carbons (Fsp3) is 0.250. The van der Waals surface area contributed by atoms with Crippen molar-refractivity contribution in [2.75, 3.05) is 18.1 Å². The van der Waals surface area contributed by atoms with Crippen molar-refractivity contribution in [1.82, 2.24) is 20.4 Å². The Morgan fingerprint density at radius 1 is 1.11 bits per heavy atom. The minimum absolute atomic E-state index is 0.0428. The van der Waals surface area contributed by atoms with E-state index in [1.807, 2.05) is 6.19 Å². The molecule has 3 aromatic carbocycles. The number of aliphatic hydroxyl groups is 1. The molecule has 3 atom stereocenters. The van der Waals surface area contributed by atoms with Gasteiger partial charge in [0.05, 0.1) is 29.6 Å². The van der Waals surface area contributed by atoms with Crippen molar-refractivity contribution < 1.29 is 32.3 Å². The molecule has 0 aliphatic carbocycles. The number of hydrogen-bond acceptors (Lipinski definition) is 6. The molecular formula is C32H28F4N6O3. The van der Waals surface area contributed by atoms with Gasteiger partial charge in [0, 0.05) is 23.6 Å². The van der Waals surface area contributed by atoms with Gasteiger partial charge in [0.2, 0.25) is 0 Å². The van der Waals surface area contributed by atoms with E-state index in [0.29, 0.717) is 34.4 Å². The summed E-state index contributed by atoms with van der Waals surface area (Å²) < 4.78 is 56.2. The number of anilines is 1. The number of aliphatic hydroxyl groups excluding tert-OH is 1. The van der Waals surface area contributed by atoms with Crippen LogP contribution in [0.3, 0.4) is 0 Å². The van der Waals surface area contributed by atoms with Crippen LogP contribution >= 0.6 is 0 Å². The van der Waals surface area contributed by atoms with Crippen molar-refractivity contribution in [2.45, 2.75) is 37.5 Å². The van der Waals surface area contributed by atoms with Crippen LogP contribution in [0.15, 0.2) is 78.9 Å². The number of hydrogen-bond donors (Lipinski definition) is 3. The van der Waals surface area contributed by atoms with Gasteiger partial charge in [0.15, 0.2) is 11.7 Å². The van der Waals surface area contributed by atoms with E-state index in [1.165, 1.54) is 21.7 Å². The van der Waals surface area contributed by atoms with Gasteiger partial charge in [-0.25, -0.2) is 9.07 Å². The van der Waals surface area contributed by atoms with Crippen molar-refractivity contribution in [1.29, 1.82) is 5.26 Å². The van der Waals surface area contributed by atoms with Crippen molar-refractivity contribution in [3.63, 3.8) is 0 Å². The van der Waals surface area contributed by atoms with E-state index >= 15 is 0 Å². The Hall–Kier alpha value is -5.22. The van der Waals surface area contributed by atoms with E-state index in [-0.39, 0.29) is 6.54 Å². The number of aromatic nitrogens is 2. The molecule has 2 heterocycles. The first-order valence-corrected chi connectivity index (χ1v) is 14.0. The van der Waals surface area contributed by atoms with Crippen LogP contribution < -0.4 is 15.5 Å². The van der Waals surface area contributed by atoms with E-state index in [0.717, 1.165) is 30.3 Å². The highest BCUT2D eigenvalue weighted by Crippen LogP contribution is 2.49. The van der Waals surface area contributed by atoms with Gasteiger partial charge in [-0.3, -0.25) is 14.5 Å². The lowest BCUT2D eigenvalue weighted by Gasteiger charge is -2.46. The van der Waals surface area contributed by atoms with Crippen LogP contribution in [0, 0.1) is 17.3 Å². The van der Waals surface area contributed by atoms with Crippen LogP contribution in [0.5, 0.6) is 0 Å². The second kappa shape index (κ2) is 12.0. The van der Waals surface area contributed by atoms with Crippen molar-refractivity contribution in [3.05, 3.63) is 113 Å². The lowest BCUT2D eigenvalue weighted by Crippen LogP contribution is -2.68. The van der Waals surface area contributed by atoms with Gasteiger partial charge in [-0.2, -0.15) is 23.5 Å². The van der Waals surface area contributed by atoms with Gasteiger partial charge >= 0.3 is 6.18 Å². The molecule has 0 spiro atoms. The van der Waals surface area contributed by atoms with Gasteiger partial charge in [-0.05, 0) is 61.9 Å². The number of carbonyl (C=O) groups is 2. The second-order valence-electron chi connectivity index (χ2n) is 10.5. The summed E-state index contributed by atoms with van der Waals surface area (Å²) in [6, 6.07) is 16.9. The molecular weight excluding hydrogens is 592 g/mol. The summed E-state index contributed by atoms with van der Waals surface area (Å²) in [6.45, 7) is 2.40. The summed E-state index contributed by atoms with van der Waals surface area (Å²) >= 11 is 0. The highest BCUT2D eigenvalue weighted by Gasteiger charge is 2.57. The zero-order chi connectivity index (χ0) is 32.5. The third-order valence-corrected chi connectivity index (χ3v) is 7.84. The number of benzene rings is 3. The minimum atomic E-state index is -4.74. The van der Waals surface area contributed by atoms with E-state index in [2.05, 4.69) is 10.6 Å². The molecule has 232 valence electrons. The minimum Gasteiger partial charge on any atom is -0.393 e. The number of nitrogens with one attached hydrogen (secondary N) is 2. The topological polar surface area (TPSA) is 123 Å². The molecule has 0 saturated carbocycles. The SMILES string of the molecule is CCN1C(=O)C(CO)(NC(=O)c2cccc(C(F)(F)F)c2)[C@@H](c2ccc(F)cc2)c2c(C(C)NC#N)nn(-c3ccccc3)c21. The number of carbonyl (C=O) groups excluding carboxylic acids is 2. The van der Waals surface area contributed by atoms with Crippen LogP contribution in [0.1, 0.15) is 58.5 Å². The lowest BCUT2D eigenvalue weighted by molar-refractivity contribution is -0.137. The number of fused-ring (bicyclic) bond motifs is 1. The summed E-state index contributed by atoms with van der Waals surface area (Å²) in [7, 11) is 0. The Bertz CT molecular complexity index is 1770. The number of alkyl halides is 3. The lowest BCUT2D eigenvalue weighted by atomic mass is 9.70. The second-order valence-corrected chi connectivity index (χ2v) is 10.5. The third kappa shape index (κ3) is 5.49. The number of rotatable bonds is 8. The predicted octanol–water partition coefficient (Wildman–Crippen LogP) is 4.82. The van der Waals surface area contributed by atoms with Crippen LogP contribution in [0.2, 0.25) is 0 Å². The van der Waals surface area contributed by atoms with Gasteiger partial charge in [0.1, 0.15) is 11.6 Å². The molecule has 2 unspecified atom stereocenters. The largest absolute Gasteiger partial charge is 0.416 e. The summed E-state index contributed by atoms with van der Waals surface area (Å²) in [5.74, 6) is -3.33. The summed E-state index contributed by atoms with van der Waals surface area (Å²) in [6.07, 6.45) is -2.85. The summed E-state index contributed by atoms with van der Waals surface area (Å²) in [5.41, 5.74) is -2.13. The molecule has 2 amide bonds. The maximum atomic E-state index is 14.6. The Morgan fingerprint density at radius 3 is 2.40 bits per heavy atom. The molecule has 0 saturated heterocycles. The Morgan fingerprint density at radius 2 is 1.80 bits per heavy atom. The fourth-order valence-electron chi connectivity index (χ4n) is 5.75. The zero-order valence-corrected chi connectivity index (χ0v) is 24.1. The molecule has 1 aliphatic rings. The molecule has 0 fully saturated rings. The number of para-hydroxylation sites is 1. The average Bonchev–Trinajstić information content (AvgIpc) is 3.42. The molecule has 0 radical (unpaired) electrons. The van der Waals surface area contributed by atoms with Crippen LogP contribution in [-0.4, -0.2) is 45.4 Å². The first-order valence-electron chi connectivity index (χ1n) is 14.0. The molecule has 3 N–H and O–H groups in total. The highest BCUT2D eigenvalue weighted by atomic mass is 19.4. The molecule has 1 aliphatic heterocycles. The molecule has 4 aromatic rings. The monoisotopic (exact) mass is 620 g/mol. The molecule has 0 bridgehead atoms. The van der Waals surface area contributed by atoms with Gasteiger partial charge < -0.3 is 15.7 Å². The molecule has 13 heteroatoms. The Kier molecular flexibility index (Phi) is 8.36. The maximum Gasteiger partial charge on any atom is 0.416 e. The fourth-order valence-corrected chi connectivity index (χ4v) is 5.75. The third-order valence-electron chi connectivity index (χ3n) is 7.84. The number of amides is 2. The zero-order valence-electron chi connectivity index (χ0n) is 24.1. The Labute approximate surface area is 255 Å². The first-order chi connectivity index (χ1) is 21.5. The molecule has 9 nitrogen and oxygen atoms in total. The first kappa shape index (κ1) is 31.2. The van der Waals surface area contributed by atoms with Crippen molar-refractivity contribution in [3.8, 4) is 11.9 Å². The smallest absolute Gasteiger partial charge is 0.393 e. The number of nitrogens with zero attached hydrogens (tertiary/aromatic N) is 4. The van der Waals surface area contributed by atoms with Crippen molar-refractivity contribution in [2.24, 2.45) is 0 Å². The van der Waals surface area contributed by atoms with Gasteiger partial charge in [0.25, 0.3) is 11.8 Å². The van der Waals surface area contributed by atoms with E-state index in [1.54, 1.807) is 44.2 Å². The van der Waals surface area contributed by atoms with E-state index in [9.17, 15) is 37.5 Å².